The Morgan fingerprint density at radius 3 is 3.00 bits per heavy atom. The molecule has 0 saturated carbocycles. The molecule has 2 N–H and O–H groups in total. The van der Waals surface area contributed by atoms with Crippen molar-refractivity contribution in [2.45, 2.75) is 19.4 Å². The number of thiophene rings is 1. The van der Waals surface area contributed by atoms with Gasteiger partial charge in [-0.3, -0.25) is 9.69 Å². The molecule has 1 aliphatic rings. The fourth-order valence-electron chi connectivity index (χ4n) is 3.30. The van der Waals surface area contributed by atoms with Gasteiger partial charge in [-0.15, -0.1) is 22.7 Å². The number of hydrogen-bond acceptors (Lipinski definition) is 8. The summed E-state index contributed by atoms with van der Waals surface area (Å²) in [6.07, 6.45) is 2.82. The van der Waals surface area contributed by atoms with Gasteiger partial charge >= 0.3 is 0 Å². The molecule has 0 radical (unpaired) electrons. The highest BCUT2D eigenvalue weighted by Gasteiger charge is 2.23. The number of likely N-dealkylation sites (tertiary alicyclic amines) is 1. The highest BCUT2D eigenvalue weighted by Crippen LogP contribution is 2.27. The lowest BCUT2D eigenvalue weighted by atomic mass is 10.3. The maximum Gasteiger partial charge on any atom is 0.239 e. The Labute approximate surface area is 171 Å². The van der Waals surface area contributed by atoms with E-state index in [9.17, 15) is 4.79 Å². The minimum atomic E-state index is -0.0573. The smallest absolute Gasteiger partial charge is 0.239 e. The van der Waals surface area contributed by atoms with Crippen LogP contribution in [0.3, 0.4) is 0 Å². The number of amides is 1. The summed E-state index contributed by atoms with van der Waals surface area (Å²) in [5, 5.41) is 11.1. The zero-order valence-electron chi connectivity index (χ0n) is 15.6. The van der Waals surface area contributed by atoms with Crippen LogP contribution in [0.1, 0.15) is 13.3 Å². The Balaban J connectivity index is 1.50. The number of thiazole rings is 1. The van der Waals surface area contributed by atoms with E-state index in [0.29, 0.717) is 24.2 Å². The van der Waals surface area contributed by atoms with Crippen molar-refractivity contribution in [3.63, 3.8) is 0 Å². The van der Waals surface area contributed by atoms with Crippen LogP contribution in [0.4, 0.5) is 5.82 Å². The van der Waals surface area contributed by atoms with Crippen molar-refractivity contribution in [3.05, 3.63) is 35.2 Å². The molecule has 9 heteroatoms. The van der Waals surface area contributed by atoms with Crippen LogP contribution in [0.2, 0.25) is 0 Å². The Morgan fingerprint density at radius 2 is 2.25 bits per heavy atom. The van der Waals surface area contributed by atoms with Gasteiger partial charge in [0.2, 0.25) is 5.91 Å². The number of nitrogens with zero attached hydrogens (tertiary/aromatic N) is 4. The van der Waals surface area contributed by atoms with E-state index in [2.05, 4.69) is 37.4 Å². The molecule has 0 unspecified atom stereocenters. The van der Waals surface area contributed by atoms with Crippen LogP contribution in [0.5, 0.6) is 0 Å². The summed E-state index contributed by atoms with van der Waals surface area (Å²) >= 11 is 3.09. The summed E-state index contributed by atoms with van der Waals surface area (Å²) < 4.78 is 0. The van der Waals surface area contributed by atoms with Gasteiger partial charge in [-0.2, -0.15) is 0 Å². The fraction of sp³-hybridized carbons (Fsp3) is 0.368. The van der Waals surface area contributed by atoms with Crippen LogP contribution >= 0.6 is 22.7 Å². The number of carbonyl (C=O) groups excluding carboxylic acids is 1. The minimum absolute atomic E-state index is 0.0573. The van der Waals surface area contributed by atoms with Gasteiger partial charge in [0, 0.05) is 36.8 Å². The third-order valence-electron chi connectivity index (χ3n) is 4.52. The first-order chi connectivity index (χ1) is 13.7. The van der Waals surface area contributed by atoms with Gasteiger partial charge in [0.05, 0.1) is 11.4 Å². The molecule has 0 bridgehead atoms. The van der Waals surface area contributed by atoms with E-state index in [0.717, 1.165) is 41.6 Å². The normalized spacial score (nSPS) is 17.1. The quantitative estimate of drug-likeness (QED) is 0.619. The Bertz CT molecular complexity index is 860. The van der Waals surface area contributed by atoms with Crippen molar-refractivity contribution in [1.82, 2.24) is 25.2 Å². The van der Waals surface area contributed by atoms with Crippen LogP contribution in [-0.4, -0.2) is 58.0 Å². The summed E-state index contributed by atoms with van der Waals surface area (Å²) in [5.74, 6) is 1.06. The number of anilines is 1. The lowest BCUT2D eigenvalue weighted by molar-refractivity contribution is -0.117. The third-order valence-corrected chi connectivity index (χ3v) is 6.18. The van der Waals surface area contributed by atoms with Gasteiger partial charge in [0.1, 0.15) is 16.5 Å². The zero-order chi connectivity index (χ0) is 19.3. The molecule has 4 rings (SSSR count). The van der Waals surface area contributed by atoms with Gasteiger partial charge < -0.3 is 10.6 Å². The van der Waals surface area contributed by atoms with E-state index >= 15 is 0 Å². The number of rotatable bonds is 7. The molecule has 28 heavy (non-hydrogen) atoms. The van der Waals surface area contributed by atoms with Crippen LogP contribution < -0.4 is 10.6 Å². The highest BCUT2D eigenvalue weighted by molar-refractivity contribution is 7.13. The van der Waals surface area contributed by atoms with Crippen molar-refractivity contribution < 1.29 is 4.79 Å². The maximum absolute atomic E-state index is 12.6. The van der Waals surface area contributed by atoms with Crippen molar-refractivity contribution >= 4 is 34.4 Å². The molecule has 0 spiro atoms. The first-order valence-electron chi connectivity index (χ1n) is 9.29. The lowest BCUT2D eigenvalue weighted by Gasteiger charge is -2.16. The van der Waals surface area contributed by atoms with Gasteiger partial charge in [0.25, 0.3) is 0 Å². The monoisotopic (exact) mass is 414 g/mol. The number of likely N-dealkylation sites (N-methyl/N-ethyl adjacent to an activating group) is 1. The molecule has 1 fully saturated rings. The molecule has 4 heterocycles. The molecule has 146 valence electrons. The summed E-state index contributed by atoms with van der Waals surface area (Å²) in [6, 6.07) is 6.20. The van der Waals surface area contributed by atoms with Gasteiger partial charge in [-0.05, 0) is 24.4 Å². The summed E-state index contributed by atoms with van der Waals surface area (Å²) in [6.45, 7) is 5.26. The molecule has 7 nitrogen and oxygen atoms in total. The van der Waals surface area contributed by atoms with Crippen LogP contribution in [0.25, 0.3) is 21.4 Å². The zero-order valence-corrected chi connectivity index (χ0v) is 17.2. The van der Waals surface area contributed by atoms with E-state index in [1.807, 2.05) is 22.9 Å². The average molecular weight is 415 g/mol. The molecule has 1 saturated heterocycles. The Kier molecular flexibility index (Phi) is 6.06. The first kappa shape index (κ1) is 19.1. The molecular formula is C19H22N6OS2. The molecule has 1 amide bonds. The van der Waals surface area contributed by atoms with E-state index in [1.165, 1.54) is 11.3 Å². The van der Waals surface area contributed by atoms with Crippen LogP contribution in [0.15, 0.2) is 35.2 Å². The van der Waals surface area contributed by atoms with E-state index in [1.54, 1.807) is 23.6 Å². The lowest BCUT2D eigenvalue weighted by Crippen LogP contribution is -2.36. The van der Waals surface area contributed by atoms with E-state index in [4.69, 9.17) is 0 Å². The molecule has 3 aromatic rings. The fourth-order valence-corrected chi connectivity index (χ4v) is 4.56. The Hall–Kier alpha value is -2.20. The van der Waals surface area contributed by atoms with Gasteiger partial charge in [-0.1, -0.05) is 13.0 Å². The SMILES string of the molecule is CCN[C@@H]1CCN(CC(=O)Nc2cc(-c3nccs3)nc(-c3cccs3)n2)C1. The first-order valence-corrected chi connectivity index (χ1v) is 11.1. The van der Waals surface area contributed by atoms with E-state index < -0.39 is 0 Å². The second-order valence-electron chi connectivity index (χ2n) is 6.60. The number of carbonyl (C=O) groups is 1. The number of nitrogens with one attached hydrogen (secondary N) is 2. The van der Waals surface area contributed by atoms with Gasteiger partial charge in [0.15, 0.2) is 5.82 Å². The average Bonchev–Trinajstić information content (AvgIpc) is 3.45. The van der Waals surface area contributed by atoms with Gasteiger partial charge in [-0.25, -0.2) is 15.0 Å². The predicted octanol–water partition coefficient (Wildman–Crippen LogP) is 2.95. The van der Waals surface area contributed by atoms with Crippen molar-refractivity contribution in [2.24, 2.45) is 0 Å². The van der Waals surface area contributed by atoms with Crippen molar-refractivity contribution in [3.8, 4) is 21.4 Å². The highest BCUT2D eigenvalue weighted by atomic mass is 32.1. The standard InChI is InChI=1S/C19H22N6OS2/c1-2-20-13-5-7-25(11-13)12-17(26)23-16-10-14(19-21-6-9-28-19)22-18(24-16)15-4-3-8-27-15/h3-4,6,8-10,13,20H,2,5,7,11-12H2,1H3,(H,22,23,24,26)/t13-/m1/s1. The molecule has 0 aliphatic carbocycles. The second kappa shape index (κ2) is 8.87. The maximum atomic E-state index is 12.6. The molecule has 1 aliphatic heterocycles. The van der Waals surface area contributed by atoms with Crippen LogP contribution in [0, 0.1) is 0 Å². The Morgan fingerprint density at radius 1 is 1.32 bits per heavy atom. The largest absolute Gasteiger partial charge is 0.313 e. The second-order valence-corrected chi connectivity index (χ2v) is 8.45. The predicted molar refractivity (Wildman–Crippen MR) is 114 cm³/mol. The molecular weight excluding hydrogens is 392 g/mol. The number of hydrogen-bond donors (Lipinski definition) is 2. The molecule has 1 atom stereocenters. The topological polar surface area (TPSA) is 83.0 Å². The summed E-state index contributed by atoms with van der Waals surface area (Å²) in [7, 11) is 0. The van der Waals surface area contributed by atoms with Crippen molar-refractivity contribution in [1.29, 1.82) is 0 Å². The van der Waals surface area contributed by atoms with Crippen LogP contribution in [-0.2, 0) is 4.79 Å². The van der Waals surface area contributed by atoms with E-state index in [-0.39, 0.29) is 5.91 Å². The summed E-state index contributed by atoms with van der Waals surface area (Å²) in [4.78, 5) is 29.3. The minimum Gasteiger partial charge on any atom is -0.313 e. The summed E-state index contributed by atoms with van der Waals surface area (Å²) in [5.41, 5.74) is 0.720. The molecule has 0 aromatic carbocycles. The van der Waals surface area contributed by atoms with Crippen molar-refractivity contribution in [2.75, 3.05) is 31.5 Å². The third kappa shape index (κ3) is 4.61. The number of aromatic nitrogens is 3. The molecule has 3 aromatic heterocycles.